The number of rotatable bonds is 7. The molecule has 0 amide bonds. The number of hydrogen-bond donors (Lipinski definition) is 2. The van der Waals surface area contributed by atoms with Crippen LogP contribution in [0.2, 0.25) is 0 Å². The Hall–Kier alpha value is -1.39. The van der Waals surface area contributed by atoms with Gasteiger partial charge in [-0.05, 0) is 42.9 Å². The average molecular weight is 501 g/mol. The van der Waals surface area contributed by atoms with Crippen LogP contribution in [0.1, 0.15) is 29.3 Å². The maximum Gasteiger partial charge on any atom is 0.212 e. The van der Waals surface area contributed by atoms with E-state index in [0.717, 1.165) is 18.1 Å². The van der Waals surface area contributed by atoms with Gasteiger partial charge in [-0.25, -0.2) is 4.98 Å². The van der Waals surface area contributed by atoms with Gasteiger partial charge in [-0.3, -0.25) is 9.89 Å². The van der Waals surface area contributed by atoms with Crippen LogP contribution in [-0.4, -0.2) is 49.6 Å². The topological polar surface area (TPSA) is 61.8 Å². The molecule has 6 nitrogen and oxygen atoms in total. The van der Waals surface area contributed by atoms with Crippen molar-refractivity contribution in [1.82, 2.24) is 20.5 Å². The van der Waals surface area contributed by atoms with Gasteiger partial charge >= 0.3 is 0 Å². The Morgan fingerprint density at radius 1 is 1.30 bits per heavy atom. The lowest BCUT2D eigenvalue weighted by molar-refractivity contribution is 0.249. The maximum absolute atomic E-state index is 5.09. The van der Waals surface area contributed by atoms with E-state index in [-0.39, 0.29) is 24.0 Å². The van der Waals surface area contributed by atoms with E-state index in [0.29, 0.717) is 18.5 Å². The molecule has 2 aromatic rings. The van der Waals surface area contributed by atoms with Crippen molar-refractivity contribution in [3.8, 4) is 5.88 Å². The van der Waals surface area contributed by atoms with Crippen molar-refractivity contribution in [2.75, 3.05) is 33.8 Å². The monoisotopic (exact) mass is 501 g/mol. The number of aromatic nitrogens is 1. The van der Waals surface area contributed by atoms with E-state index in [9.17, 15) is 0 Å². The summed E-state index contributed by atoms with van der Waals surface area (Å²) in [5, 5.41) is 9.00. The first-order valence-corrected chi connectivity index (χ1v) is 9.89. The molecule has 1 unspecified atom stereocenters. The van der Waals surface area contributed by atoms with Gasteiger partial charge in [0, 0.05) is 37.3 Å². The molecule has 0 radical (unpaired) electrons. The number of hydrogen-bond acceptors (Lipinski definition) is 5. The van der Waals surface area contributed by atoms with Crippen molar-refractivity contribution < 1.29 is 4.74 Å². The minimum Gasteiger partial charge on any atom is -0.481 e. The molecule has 1 fully saturated rings. The quantitative estimate of drug-likeness (QED) is 0.347. The van der Waals surface area contributed by atoms with Crippen LogP contribution < -0.4 is 15.4 Å². The summed E-state index contributed by atoms with van der Waals surface area (Å²) >= 11 is 1.83. The Morgan fingerprint density at radius 2 is 2.11 bits per heavy atom. The van der Waals surface area contributed by atoms with Gasteiger partial charge in [0.2, 0.25) is 5.88 Å². The van der Waals surface area contributed by atoms with Gasteiger partial charge in [0.05, 0.1) is 13.2 Å². The largest absolute Gasteiger partial charge is 0.481 e. The molecule has 27 heavy (non-hydrogen) atoms. The molecule has 3 rings (SSSR count). The molecule has 1 atom stereocenters. The van der Waals surface area contributed by atoms with Crippen molar-refractivity contribution in [2.24, 2.45) is 4.99 Å². The summed E-state index contributed by atoms with van der Waals surface area (Å²) in [6.45, 7) is 3.87. The molecule has 3 heterocycles. The highest BCUT2D eigenvalue weighted by Gasteiger charge is 2.24. The number of nitrogens with one attached hydrogen (secondary N) is 2. The van der Waals surface area contributed by atoms with Crippen LogP contribution in [0.15, 0.2) is 40.8 Å². The van der Waals surface area contributed by atoms with Crippen LogP contribution in [0, 0.1) is 0 Å². The Kier molecular flexibility index (Phi) is 9.29. The fourth-order valence-corrected chi connectivity index (χ4v) is 4.04. The molecule has 1 aliphatic heterocycles. The Morgan fingerprint density at radius 3 is 2.70 bits per heavy atom. The number of likely N-dealkylation sites (tertiary alicyclic amines) is 1. The van der Waals surface area contributed by atoms with Gasteiger partial charge < -0.3 is 15.4 Å². The fourth-order valence-electron chi connectivity index (χ4n) is 3.18. The number of guanidine groups is 1. The molecule has 8 heteroatoms. The highest BCUT2D eigenvalue weighted by molar-refractivity contribution is 14.0. The molecular weight excluding hydrogens is 473 g/mol. The fraction of sp³-hybridized carbons (Fsp3) is 0.474. The second kappa shape index (κ2) is 11.5. The van der Waals surface area contributed by atoms with Gasteiger partial charge in [0.15, 0.2) is 5.96 Å². The van der Waals surface area contributed by atoms with Crippen LogP contribution >= 0.6 is 35.3 Å². The maximum atomic E-state index is 5.09. The SMILES string of the molecule is CN=C(NCc1ccc(OC)nc1)NCC(c1cccs1)N1CCCC1.I. The Labute approximate surface area is 182 Å². The second-order valence-electron chi connectivity index (χ2n) is 6.29. The average Bonchev–Trinajstić information content (AvgIpc) is 3.39. The highest BCUT2D eigenvalue weighted by atomic mass is 127. The van der Waals surface area contributed by atoms with Gasteiger partial charge in [0.1, 0.15) is 0 Å². The predicted octanol–water partition coefficient (Wildman–Crippen LogP) is 3.27. The summed E-state index contributed by atoms with van der Waals surface area (Å²) in [5.74, 6) is 1.43. The van der Waals surface area contributed by atoms with Crippen molar-refractivity contribution in [1.29, 1.82) is 0 Å². The number of halogens is 1. The highest BCUT2D eigenvalue weighted by Crippen LogP contribution is 2.27. The summed E-state index contributed by atoms with van der Waals surface area (Å²) in [6, 6.07) is 8.64. The molecule has 0 aliphatic carbocycles. The first kappa shape index (κ1) is 21.9. The molecule has 148 valence electrons. The standard InChI is InChI=1S/C19H27N5OS.HI/c1-20-19(22-13-15-7-8-18(25-2)21-12-15)23-14-16(17-6-5-11-26-17)24-9-3-4-10-24;/h5-8,11-12,16H,3-4,9-10,13-14H2,1-2H3,(H2,20,22,23);1H. The summed E-state index contributed by atoms with van der Waals surface area (Å²) in [4.78, 5) is 12.6. The van der Waals surface area contributed by atoms with Crippen LogP contribution in [0.3, 0.4) is 0 Å². The molecule has 0 spiro atoms. The second-order valence-corrected chi connectivity index (χ2v) is 7.27. The van der Waals surface area contributed by atoms with Crippen LogP contribution in [0.5, 0.6) is 5.88 Å². The molecule has 2 N–H and O–H groups in total. The van der Waals surface area contributed by atoms with Crippen LogP contribution in [-0.2, 0) is 6.54 Å². The molecular formula is C19H28IN5OS. The van der Waals surface area contributed by atoms with Crippen molar-refractivity contribution in [3.05, 3.63) is 46.3 Å². The number of pyridine rings is 1. The van der Waals surface area contributed by atoms with Crippen molar-refractivity contribution >= 4 is 41.3 Å². The third-order valence-corrected chi connectivity index (χ3v) is 5.58. The lowest BCUT2D eigenvalue weighted by atomic mass is 10.2. The molecule has 2 aromatic heterocycles. The molecule has 1 saturated heterocycles. The van der Waals surface area contributed by atoms with Gasteiger partial charge in [-0.1, -0.05) is 12.1 Å². The van der Waals surface area contributed by atoms with E-state index in [4.69, 9.17) is 4.74 Å². The number of ether oxygens (including phenoxy) is 1. The van der Waals surface area contributed by atoms with E-state index in [1.54, 1.807) is 14.2 Å². The molecule has 1 aliphatic rings. The molecule has 0 bridgehead atoms. The zero-order valence-electron chi connectivity index (χ0n) is 15.9. The normalized spacial score (nSPS) is 15.9. The van der Waals surface area contributed by atoms with E-state index in [1.165, 1.54) is 30.8 Å². The van der Waals surface area contributed by atoms with E-state index in [1.807, 2.05) is 29.7 Å². The predicted molar refractivity (Wildman–Crippen MR) is 122 cm³/mol. The van der Waals surface area contributed by atoms with E-state index < -0.39 is 0 Å². The zero-order valence-corrected chi connectivity index (χ0v) is 19.0. The Bertz CT molecular complexity index is 687. The number of aliphatic imine (C=N–C) groups is 1. The van der Waals surface area contributed by atoms with E-state index >= 15 is 0 Å². The van der Waals surface area contributed by atoms with E-state index in [2.05, 4.69) is 43.0 Å². The summed E-state index contributed by atoms with van der Waals surface area (Å²) in [5.41, 5.74) is 1.09. The van der Waals surface area contributed by atoms with Gasteiger partial charge in [0.25, 0.3) is 0 Å². The molecule has 0 saturated carbocycles. The lowest BCUT2D eigenvalue weighted by Crippen LogP contribution is -2.42. The summed E-state index contributed by atoms with van der Waals surface area (Å²) in [7, 11) is 3.42. The number of nitrogens with zero attached hydrogens (tertiary/aromatic N) is 3. The Balaban J connectivity index is 0.00000261. The molecule has 0 aromatic carbocycles. The lowest BCUT2D eigenvalue weighted by Gasteiger charge is -2.27. The number of thiophene rings is 1. The third kappa shape index (κ3) is 6.32. The first-order chi connectivity index (χ1) is 12.8. The third-order valence-electron chi connectivity index (χ3n) is 4.61. The summed E-state index contributed by atoms with van der Waals surface area (Å²) in [6.07, 6.45) is 4.40. The minimum absolute atomic E-state index is 0. The number of methoxy groups -OCH3 is 1. The smallest absolute Gasteiger partial charge is 0.212 e. The minimum atomic E-state index is 0. The van der Waals surface area contributed by atoms with Crippen LogP contribution in [0.25, 0.3) is 0 Å². The first-order valence-electron chi connectivity index (χ1n) is 9.01. The van der Waals surface area contributed by atoms with Gasteiger partial charge in [-0.2, -0.15) is 0 Å². The van der Waals surface area contributed by atoms with Crippen molar-refractivity contribution in [2.45, 2.75) is 25.4 Å². The van der Waals surface area contributed by atoms with Gasteiger partial charge in [-0.15, -0.1) is 35.3 Å². The summed E-state index contributed by atoms with van der Waals surface area (Å²) < 4.78 is 5.09. The van der Waals surface area contributed by atoms with Crippen LogP contribution in [0.4, 0.5) is 0 Å². The van der Waals surface area contributed by atoms with Crippen molar-refractivity contribution in [3.63, 3.8) is 0 Å². The zero-order chi connectivity index (χ0) is 18.2.